The molecule has 2 nitrogen and oxygen atoms in total. The van der Waals surface area contributed by atoms with Gasteiger partial charge in [-0.05, 0) is 25.5 Å². The van der Waals surface area contributed by atoms with Crippen molar-refractivity contribution in [1.82, 2.24) is 4.98 Å². The third-order valence-corrected chi connectivity index (χ3v) is 2.86. The van der Waals surface area contributed by atoms with Crippen molar-refractivity contribution in [3.05, 3.63) is 22.8 Å². The molecule has 0 aliphatic heterocycles. The number of hydrogen-bond acceptors (Lipinski definition) is 2. The number of halogens is 5. The van der Waals surface area contributed by atoms with Crippen LogP contribution in [0.15, 0.2) is 12.3 Å². The molecule has 1 aromatic heterocycles. The second-order valence-electron chi connectivity index (χ2n) is 4.12. The van der Waals surface area contributed by atoms with Crippen LogP contribution >= 0.6 is 23.2 Å². The summed E-state index contributed by atoms with van der Waals surface area (Å²) in [5.74, 6) is 0.339. The number of rotatable bonds is 4. The molecule has 0 aliphatic carbocycles. The van der Waals surface area contributed by atoms with Crippen LogP contribution in [0, 0.1) is 0 Å². The second kappa shape index (κ2) is 5.97. The molecule has 0 atom stereocenters. The Morgan fingerprint density at radius 3 is 2.39 bits per heavy atom. The molecule has 1 rings (SSSR count). The molecule has 0 amide bonds. The minimum atomic E-state index is -4.31. The minimum absolute atomic E-state index is 0.123. The number of anilines is 1. The molecule has 1 heterocycles. The lowest BCUT2D eigenvalue weighted by Gasteiger charge is -2.29. The fourth-order valence-electron chi connectivity index (χ4n) is 1.45. The van der Waals surface area contributed by atoms with E-state index in [2.05, 4.69) is 4.98 Å². The van der Waals surface area contributed by atoms with Crippen molar-refractivity contribution >= 4 is 29.0 Å². The summed E-state index contributed by atoms with van der Waals surface area (Å²) in [4.78, 5) is 5.08. The van der Waals surface area contributed by atoms with Gasteiger partial charge in [-0.25, -0.2) is 4.98 Å². The second-order valence-corrected chi connectivity index (χ2v) is 4.79. The molecule has 0 aliphatic rings. The van der Waals surface area contributed by atoms with E-state index < -0.39 is 12.7 Å². The fraction of sp³-hybridized carbons (Fsp3) is 0.545. The summed E-state index contributed by atoms with van der Waals surface area (Å²) in [7, 11) is 0. The van der Waals surface area contributed by atoms with Gasteiger partial charge >= 0.3 is 6.18 Å². The third kappa shape index (κ3) is 4.21. The lowest BCUT2D eigenvalue weighted by Crippen LogP contribution is -2.39. The molecule has 1 aromatic rings. The average molecular weight is 301 g/mol. The summed E-state index contributed by atoms with van der Waals surface area (Å²) >= 11 is 11.6. The van der Waals surface area contributed by atoms with Crippen LogP contribution in [-0.2, 0) is 5.88 Å². The molecular weight excluding hydrogens is 288 g/mol. The molecule has 7 heteroatoms. The van der Waals surface area contributed by atoms with Gasteiger partial charge in [0.2, 0.25) is 0 Å². The molecule has 0 aromatic carbocycles. The van der Waals surface area contributed by atoms with Gasteiger partial charge in [-0.2, -0.15) is 13.2 Å². The van der Waals surface area contributed by atoms with E-state index in [9.17, 15) is 13.2 Å². The molecule has 0 unspecified atom stereocenters. The van der Waals surface area contributed by atoms with Crippen molar-refractivity contribution in [3.63, 3.8) is 0 Å². The molecule has 0 radical (unpaired) electrons. The quantitative estimate of drug-likeness (QED) is 0.773. The maximum absolute atomic E-state index is 12.5. The average Bonchev–Trinajstić information content (AvgIpc) is 2.24. The first kappa shape index (κ1) is 15.4. The first-order valence-corrected chi connectivity index (χ1v) is 6.19. The van der Waals surface area contributed by atoms with E-state index in [4.69, 9.17) is 23.2 Å². The Balaban J connectivity index is 3.06. The van der Waals surface area contributed by atoms with Crippen LogP contribution in [-0.4, -0.2) is 23.7 Å². The highest BCUT2D eigenvalue weighted by Crippen LogP contribution is 2.29. The van der Waals surface area contributed by atoms with Gasteiger partial charge in [0.15, 0.2) is 0 Å². The zero-order valence-corrected chi connectivity index (χ0v) is 11.4. The first-order valence-electron chi connectivity index (χ1n) is 5.28. The van der Waals surface area contributed by atoms with E-state index in [1.807, 2.05) is 0 Å². The maximum atomic E-state index is 12.5. The van der Waals surface area contributed by atoms with E-state index in [0.29, 0.717) is 5.56 Å². The van der Waals surface area contributed by atoms with Crippen LogP contribution < -0.4 is 4.90 Å². The van der Waals surface area contributed by atoms with Gasteiger partial charge in [0.1, 0.15) is 12.4 Å². The maximum Gasteiger partial charge on any atom is 0.405 e. The Kier molecular flexibility index (Phi) is 5.10. The van der Waals surface area contributed by atoms with Crippen molar-refractivity contribution in [2.45, 2.75) is 31.9 Å². The van der Waals surface area contributed by atoms with Crippen LogP contribution in [0.25, 0.3) is 0 Å². The van der Waals surface area contributed by atoms with E-state index in [0.717, 1.165) is 4.90 Å². The monoisotopic (exact) mass is 300 g/mol. The molecule has 0 spiro atoms. The largest absolute Gasteiger partial charge is 0.405 e. The zero-order valence-electron chi connectivity index (χ0n) is 9.93. The van der Waals surface area contributed by atoms with Crippen LogP contribution in [0.2, 0.25) is 5.02 Å². The van der Waals surface area contributed by atoms with Gasteiger partial charge in [-0.15, -0.1) is 11.6 Å². The van der Waals surface area contributed by atoms with Gasteiger partial charge in [-0.1, -0.05) is 11.6 Å². The van der Waals surface area contributed by atoms with Crippen molar-refractivity contribution < 1.29 is 13.2 Å². The third-order valence-electron chi connectivity index (χ3n) is 2.28. The smallest absolute Gasteiger partial charge is 0.344 e. The normalized spacial score (nSPS) is 12.0. The molecule has 0 saturated heterocycles. The summed E-state index contributed by atoms with van der Waals surface area (Å²) in [6, 6.07) is 1.17. The van der Waals surface area contributed by atoms with Crippen molar-refractivity contribution in [2.24, 2.45) is 0 Å². The van der Waals surface area contributed by atoms with Crippen LogP contribution in [0.4, 0.5) is 19.0 Å². The van der Waals surface area contributed by atoms with Gasteiger partial charge in [0, 0.05) is 18.1 Å². The Bertz CT molecular complexity index is 408. The summed E-state index contributed by atoms with van der Waals surface area (Å²) < 4.78 is 37.5. The molecule has 102 valence electrons. The molecule has 18 heavy (non-hydrogen) atoms. The molecule has 0 fully saturated rings. The SMILES string of the molecule is CC(C)N(CC(F)(F)F)c1ncc(CCl)cc1Cl. The Morgan fingerprint density at radius 1 is 1.39 bits per heavy atom. The highest BCUT2D eigenvalue weighted by Gasteiger charge is 2.33. The van der Waals surface area contributed by atoms with Crippen LogP contribution in [0.3, 0.4) is 0 Å². The minimum Gasteiger partial charge on any atom is -0.344 e. The van der Waals surface area contributed by atoms with Crippen LogP contribution in [0.5, 0.6) is 0 Å². The Hall–Kier alpha value is -0.680. The van der Waals surface area contributed by atoms with Crippen molar-refractivity contribution in [2.75, 3.05) is 11.4 Å². The van der Waals surface area contributed by atoms with Gasteiger partial charge < -0.3 is 4.90 Å². The van der Waals surface area contributed by atoms with E-state index in [-0.39, 0.29) is 22.8 Å². The fourth-order valence-corrected chi connectivity index (χ4v) is 1.89. The van der Waals surface area contributed by atoms with Crippen molar-refractivity contribution in [1.29, 1.82) is 0 Å². The number of nitrogens with zero attached hydrogens (tertiary/aromatic N) is 2. The molecule has 0 saturated carbocycles. The number of aromatic nitrogens is 1. The first-order chi connectivity index (χ1) is 8.24. The zero-order chi connectivity index (χ0) is 13.9. The Morgan fingerprint density at radius 2 is 2.00 bits per heavy atom. The summed E-state index contributed by atoms with van der Waals surface area (Å²) in [5.41, 5.74) is 0.668. The topological polar surface area (TPSA) is 16.1 Å². The molecule has 0 bridgehead atoms. The van der Waals surface area contributed by atoms with Gasteiger partial charge in [-0.3, -0.25) is 0 Å². The predicted molar refractivity (Wildman–Crippen MR) is 67.3 cm³/mol. The lowest BCUT2D eigenvalue weighted by atomic mass is 10.2. The van der Waals surface area contributed by atoms with Gasteiger partial charge in [0.25, 0.3) is 0 Å². The van der Waals surface area contributed by atoms with Crippen LogP contribution in [0.1, 0.15) is 19.4 Å². The van der Waals surface area contributed by atoms with E-state index >= 15 is 0 Å². The summed E-state index contributed by atoms with van der Waals surface area (Å²) in [6.45, 7) is 2.22. The number of pyridine rings is 1. The highest BCUT2D eigenvalue weighted by atomic mass is 35.5. The molecular formula is C11H13Cl2F3N2. The summed E-state index contributed by atoms with van der Waals surface area (Å²) in [6.07, 6.45) is -2.87. The standard InChI is InChI=1S/C11H13Cl2F3N2/c1-7(2)18(6-11(14,15)16)10-9(13)3-8(4-12)5-17-10/h3,5,7H,4,6H2,1-2H3. The predicted octanol–water partition coefficient (Wildman–Crippen LogP) is 4.25. The Labute approximate surface area is 114 Å². The highest BCUT2D eigenvalue weighted by molar-refractivity contribution is 6.33. The lowest BCUT2D eigenvalue weighted by molar-refractivity contribution is -0.120. The van der Waals surface area contributed by atoms with Gasteiger partial charge in [0.05, 0.1) is 5.02 Å². The molecule has 0 N–H and O–H groups in total. The number of alkyl halides is 4. The van der Waals surface area contributed by atoms with Crippen molar-refractivity contribution in [3.8, 4) is 0 Å². The van der Waals surface area contributed by atoms with E-state index in [1.54, 1.807) is 13.8 Å². The summed E-state index contributed by atoms with van der Waals surface area (Å²) in [5, 5.41) is 0.172. The number of hydrogen-bond donors (Lipinski definition) is 0. The van der Waals surface area contributed by atoms with E-state index in [1.165, 1.54) is 12.3 Å².